The van der Waals surface area contributed by atoms with E-state index in [9.17, 15) is 9.90 Å². The lowest BCUT2D eigenvalue weighted by atomic mass is 9.96. The molecule has 0 fully saturated rings. The van der Waals surface area contributed by atoms with E-state index in [-0.39, 0.29) is 0 Å². The fourth-order valence-corrected chi connectivity index (χ4v) is 2.29. The highest BCUT2D eigenvalue weighted by Crippen LogP contribution is 2.37. The largest absolute Gasteiger partial charge is 0.496 e. The second-order valence-electron chi connectivity index (χ2n) is 5.57. The van der Waals surface area contributed by atoms with Crippen molar-refractivity contribution in [1.82, 2.24) is 0 Å². The van der Waals surface area contributed by atoms with Gasteiger partial charge in [-0.05, 0) is 32.8 Å². The van der Waals surface area contributed by atoms with Crippen molar-refractivity contribution in [2.45, 2.75) is 32.3 Å². The van der Waals surface area contributed by atoms with Gasteiger partial charge in [-0.15, -0.1) is 0 Å². The molecule has 5 heteroatoms. The fraction of sp³-hybridized carbons (Fsp3) is 0.438. The smallest absolute Gasteiger partial charge is 0.336 e. The summed E-state index contributed by atoms with van der Waals surface area (Å²) in [5.41, 5.74) is 0.0661. The second kappa shape index (κ2) is 5.77. The van der Waals surface area contributed by atoms with E-state index in [1.54, 1.807) is 40.2 Å². The topological polar surface area (TPSA) is 68.9 Å². The molecule has 1 aromatic carbocycles. The summed E-state index contributed by atoms with van der Waals surface area (Å²) in [6.45, 7) is 3.51. The van der Waals surface area contributed by atoms with Crippen LogP contribution in [0.25, 0.3) is 11.0 Å². The third-order valence-corrected chi connectivity index (χ3v) is 3.35. The van der Waals surface area contributed by atoms with Crippen LogP contribution in [0.15, 0.2) is 27.4 Å². The van der Waals surface area contributed by atoms with Crippen molar-refractivity contribution < 1.29 is 19.0 Å². The lowest BCUT2D eigenvalue weighted by molar-refractivity contribution is 0.0711. The van der Waals surface area contributed by atoms with Crippen LogP contribution in [0.1, 0.15) is 25.8 Å². The molecule has 114 valence electrons. The van der Waals surface area contributed by atoms with Gasteiger partial charge in [-0.25, -0.2) is 4.79 Å². The van der Waals surface area contributed by atoms with E-state index in [4.69, 9.17) is 13.9 Å². The fourth-order valence-electron chi connectivity index (χ4n) is 2.29. The number of methoxy groups -OCH3 is 2. The van der Waals surface area contributed by atoms with Gasteiger partial charge in [0.15, 0.2) is 0 Å². The highest BCUT2D eigenvalue weighted by atomic mass is 16.5. The van der Waals surface area contributed by atoms with Crippen LogP contribution in [0.3, 0.4) is 0 Å². The Kier molecular flexibility index (Phi) is 4.23. The summed E-state index contributed by atoms with van der Waals surface area (Å²) in [7, 11) is 3.11. The van der Waals surface area contributed by atoms with E-state index in [1.807, 2.05) is 0 Å². The van der Waals surface area contributed by atoms with Crippen LogP contribution in [0.2, 0.25) is 0 Å². The molecule has 0 aliphatic rings. The number of ether oxygens (including phenoxy) is 2. The molecule has 1 aromatic heterocycles. The van der Waals surface area contributed by atoms with Crippen LogP contribution in [0, 0.1) is 0 Å². The first kappa shape index (κ1) is 15.4. The van der Waals surface area contributed by atoms with E-state index in [2.05, 4.69) is 0 Å². The van der Waals surface area contributed by atoms with Crippen LogP contribution in [0.5, 0.6) is 11.5 Å². The molecular formula is C16H20O5. The maximum atomic E-state index is 11.3. The molecule has 2 rings (SSSR count). The molecule has 0 saturated heterocycles. The summed E-state index contributed by atoms with van der Waals surface area (Å²) in [6, 6.07) is 4.71. The Balaban J connectivity index is 2.61. The minimum Gasteiger partial charge on any atom is -0.496 e. The third-order valence-electron chi connectivity index (χ3n) is 3.35. The Morgan fingerprint density at radius 3 is 2.52 bits per heavy atom. The van der Waals surface area contributed by atoms with Crippen molar-refractivity contribution in [3.63, 3.8) is 0 Å². The second-order valence-corrected chi connectivity index (χ2v) is 5.57. The molecular weight excluding hydrogens is 272 g/mol. The van der Waals surface area contributed by atoms with Gasteiger partial charge in [-0.2, -0.15) is 0 Å². The zero-order valence-corrected chi connectivity index (χ0v) is 12.7. The predicted molar refractivity (Wildman–Crippen MR) is 80.2 cm³/mol. The van der Waals surface area contributed by atoms with Gasteiger partial charge < -0.3 is 19.0 Å². The van der Waals surface area contributed by atoms with Gasteiger partial charge in [-0.1, -0.05) is 0 Å². The predicted octanol–water partition coefficient (Wildman–Crippen LogP) is 2.51. The Morgan fingerprint density at radius 1 is 1.24 bits per heavy atom. The van der Waals surface area contributed by atoms with Gasteiger partial charge >= 0.3 is 5.63 Å². The minimum absolute atomic E-state index is 0.420. The van der Waals surface area contributed by atoms with Crippen molar-refractivity contribution in [2.24, 2.45) is 0 Å². The molecule has 0 aliphatic carbocycles. The average Bonchev–Trinajstić information content (AvgIpc) is 2.42. The highest BCUT2D eigenvalue weighted by Gasteiger charge is 2.20. The first-order valence-electron chi connectivity index (χ1n) is 6.76. The van der Waals surface area contributed by atoms with E-state index in [0.29, 0.717) is 35.3 Å². The molecule has 21 heavy (non-hydrogen) atoms. The molecule has 0 aliphatic heterocycles. The lowest BCUT2D eigenvalue weighted by Gasteiger charge is -2.20. The van der Waals surface area contributed by atoms with Crippen molar-refractivity contribution in [3.05, 3.63) is 34.2 Å². The number of benzene rings is 1. The Labute approximate surface area is 123 Å². The zero-order valence-electron chi connectivity index (χ0n) is 12.7. The standard InChI is InChI=1S/C16H20O5/c1-16(2,18)8-7-11-12(19-3)9-13-10(15(11)20-4)5-6-14(17)21-13/h5-6,9,18H,7-8H2,1-4H3. The summed E-state index contributed by atoms with van der Waals surface area (Å²) in [5, 5.41) is 10.6. The summed E-state index contributed by atoms with van der Waals surface area (Å²) in [6.07, 6.45) is 1.15. The van der Waals surface area contributed by atoms with Crippen LogP contribution < -0.4 is 15.1 Å². The number of hydrogen-bond acceptors (Lipinski definition) is 5. The van der Waals surface area contributed by atoms with Gasteiger partial charge in [0.05, 0.1) is 25.2 Å². The highest BCUT2D eigenvalue weighted by molar-refractivity contribution is 5.87. The third kappa shape index (κ3) is 3.36. The Bertz CT molecular complexity index is 694. The molecule has 0 unspecified atom stereocenters. The van der Waals surface area contributed by atoms with Crippen molar-refractivity contribution in [1.29, 1.82) is 0 Å². The van der Waals surface area contributed by atoms with Gasteiger partial charge in [-0.3, -0.25) is 0 Å². The molecule has 1 heterocycles. The van der Waals surface area contributed by atoms with Gasteiger partial charge in [0, 0.05) is 17.7 Å². The average molecular weight is 292 g/mol. The summed E-state index contributed by atoms with van der Waals surface area (Å²) in [5.74, 6) is 1.19. The van der Waals surface area contributed by atoms with Gasteiger partial charge in [0.25, 0.3) is 0 Å². The van der Waals surface area contributed by atoms with Crippen molar-refractivity contribution in [3.8, 4) is 11.5 Å². The number of hydrogen-bond donors (Lipinski definition) is 1. The molecule has 0 atom stereocenters. The number of aliphatic hydroxyl groups is 1. The van der Waals surface area contributed by atoms with Crippen molar-refractivity contribution in [2.75, 3.05) is 14.2 Å². The molecule has 2 aromatic rings. The lowest BCUT2D eigenvalue weighted by Crippen LogP contribution is -2.19. The quantitative estimate of drug-likeness (QED) is 0.858. The summed E-state index contributed by atoms with van der Waals surface area (Å²) < 4.78 is 16.0. The number of rotatable bonds is 5. The Hall–Kier alpha value is -2.01. The minimum atomic E-state index is -0.784. The molecule has 0 bridgehead atoms. The maximum absolute atomic E-state index is 11.3. The molecule has 0 amide bonds. The normalized spacial score (nSPS) is 11.7. The summed E-state index contributed by atoms with van der Waals surface area (Å²) >= 11 is 0. The van der Waals surface area contributed by atoms with E-state index in [1.165, 1.54) is 6.07 Å². The van der Waals surface area contributed by atoms with Crippen molar-refractivity contribution >= 4 is 11.0 Å². The maximum Gasteiger partial charge on any atom is 0.336 e. The van der Waals surface area contributed by atoms with Gasteiger partial charge in [0.2, 0.25) is 0 Å². The van der Waals surface area contributed by atoms with Gasteiger partial charge in [0.1, 0.15) is 17.1 Å². The van der Waals surface area contributed by atoms with E-state index < -0.39 is 11.2 Å². The molecule has 5 nitrogen and oxygen atoms in total. The molecule has 0 spiro atoms. The molecule has 1 N–H and O–H groups in total. The molecule has 0 radical (unpaired) electrons. The van der Waals surface area contributed by atoms with E-state index >= 15 is 0 Å². The van der Waals surface area contributed by atoms with Crippen LogP contribution in [-0.4, -0.2) is 24.9 Å². The monoisotopic (exact) mass is 292 g/mol. The van der Waals surface area contributed by atoms with Crippen LogP contribution in [0.4, 0.5) is 0 Å². The molecule has 0 saturated carbocycles. The first-order valence-corrected chi connectivity index (χ1v) is 6.76. The van der Waals surface area contributed by atoms with Crippen LogP contribution >= 0.6 is 0 Å². The first-order chi connectivity index (χ1) is 9.85. The number of fused-ring (bicyclic) bond motifs is 1. The summed E-state index contributed by atoms with van der Waals surface area (Å²) in [4.78, 5) is 11.3. The zero-order chi connectivity index (χ0) is 15.6. The Morgan fingerprint density at radius 2 is 1.95 bits per heavy atom. The van der Waals surface area contributed by atoms with E-state index in [0.717, 1.165) is 5.56 Å². The van der Waals surface area contributed by atoms with Crippen LogP contribution in [-0.2, 0) is 6.42 Å². The SMILES string of the molecule is COc1cc2oc(=O)ccc2c(OC)c1CCC(C)(C)O.